The molecule has 3 rings (SSSR count). The molecule has 2 aromatic rings. The van der Waals surface area contributed by atoms with E-state index in [1.807, 2.05) is 30.3 Å². The molecular weight excluding hydrogens is 490 g/mol. The van der Waals surface area contributed by atoms with Crippen molar-refractivity contribution in [1.82, 2.24) is 10.6 Å². The van der Waals surface area contributed by atoms with Gasteiger partial charge in [-0.25, -0.2) is 4.39 Å². The number of hydrogen-bond acceptors (Lipinski definition) is 3. The minimum Gasteiger partial charge on any atom is -0.356 e. The molecule has 1 atom stereocenters. The van der Waals surface area contributed by atoms with Gasteiger partial charge in [-0.1, -0.05) is 30.3 Å². The third-order valence-corrected chi connectivity index (χ3v) is 5.39. The molecule has 0 radical (unpaired) electrons. The number of nitrogens with zero attached hydrogens (tertiary/aromatic N) is 1. The van der Waals surface area contributed by atoms with Gasteiger partial charge in [0.05, 0.1) is 0 Å². The van der Waals surface area contributed by atoms with Crippen molar-refractivity contribution in [3.05, 3.63) is 59.9 Å². The Morgan fingerprint density at radius 1 is 1.21 bits per heavy atom. The number of fused-ring (bicyclic) bond motifs is 1. The Hall–Kier alpha value is -1.81. The number of nitrogens with one attached hydrogen (secondary N) is 3. The van der Waals surface area contributed by atoms with Crippen LogP contribution < -0.4 is 16.0 Å². The number of carbonyl (C=O) groups is 1. The van der Waals surface area contributed by atoms with Gasteiger partial charge in [-0.05, 0) is 23.8 Å². The summed E-state index contributed by atoms with van der Waals surface area (Å²) < 4.78 is 13.6. The second-order valence-corrected chi connectivity index (χ2v) is 7.33. The van der Waals surface area contributed by atoms with Crippen molar-refractivity contribution >= 4 is 53.3 Å². The van der Waals surface area contributed by atoms with Crippen LogP contribution in [0, 0.1) is 5.82 Å². The summed E-state index contributed by atoms with van der Waals surface area (Å²) in [5.74, 6) is 1.33. The molecule has 5 nitrogen and oxygen atoms in total. The highest BCUT2D eigenvalue weighted by Gasteiger charge is 2.24. The highest BCUT2D eigenvalue weighted by Crippen LogP contribution is 2.31. The van der Waals surface area contributed by atoms with Gasteiger partial charge in [0.25, 0.3) is 0 Å². The van der Waals surface area contributed by atoms with E-state index in [2.05, 4.69) is 20.9 Å². The van der Waals surface area contributed by atoms with Gasteiger partial charge in [-0.2, -0.15) is 0 Å². The van der Waals surface area contributed by atoms with Crippen LogP contribution in [0.3, 0.4) is 0 Å². The minimum absolute atomic E-state index is 0. The second kappa shape index (κ2) is 11.3. The van der Waals surface area contributed by atoms with Gasteiger partial charge in [0.1, 0.15) is 5.82 Å². The van der Waals surface area contributed by atoms with Gasteiger partial charge in [0.15, 0.2) is 5.96 Å². The molecule has 8 heteroatoms. The molecule has 1 aliphatic rings. The molecular formula is C20H24FIN4OS. The highest BCUT2D eigenvalue weighted by atomic mass is 127. The Balaban J connectivity index is 0.00000280. The van der Waals surface area contributed by atoms with E-state index in [0.717, 1.165) is 17.0 Å². The van der Waals surface area contributed by atoms with Gasteiger partial charge in [-0.15, -0.1) is 35.7 Å². The number of amides is 1. The van der Waals surface area contributed by atoms with E-state index in [1.165, 1.54) is 17.8 Å². The van der Waals surface area contributed by atoms with Crippen molar-refractivity contribution in [2.45, 2.75) is 17.2 Å². The first-order valence-corrected chi connectivity index (χ1v) is 9.86. The maximum absolute atomic E-state index is 13.6. The van der Waals surface area contributed by atoms with Gasteiger partial charge < -0.3 is 16.0 Å². The fraction of sp³-hybridized carbons (Fsp3) is 0.300. The summed E-state index contributed by atoms with van der Waals surface area (Å²) in [7, 11) is 1.71. The number of thioether (sulfide) groups is 1. The van der Waals surface area contributed by atoms with Crippen LogP contribution in [0.5, 0.6) is 0 Å². The monoisotopic (exact) mass is 514 g/mol. The molecule has 150 valence electrons. The number of guanidine groups is 1. The van der Waals surface area contributed by atoms with Gasteiger partial charge in [0, 0.05) is 48.8 Å². The van der Waals surface area contributed by atoms with Gasteiger partial charge >= 0.3 is 0 Å². The van der Waals surface area contributed by atoms with Crippen LogP contribution in [0.2, 0.25) is 0 Å². The third-order valence-electron chi connectivity index (χ3n) is 4.33. The summed E-state index contributed by atoms with van der Waals surface area (Å²) in [6.07, 6.45) is 0.449. The van der Waals surface area contributed by atoms with Crippen LogP contribution in [0.1, 0.15) is 17.9 Å². The third kappa shape index (κ3) is 6.10. The number of anilines is 1. The normalized spacial score (nSPS) is 15.9. The topological polar surface area (TPSA) is 65.5 Å². The van der Waals surface area contributed by atoms with Crippen molar-refractivity contribution in [3.8, 4) is 0 Å². The highest BCUT2D eigenvalue weighted by molar-refractivity contribution is 14.0. The van der Waals surface area contributed by atoms with Crippen molar-refractivity contribution in [2.24, 2.45) is 4.99 Å². The van der Waals surface area contributed by atoms with E-state index < -0.39 is 0 Å². The second-order valence-electron chi connectivity index (χ2n) is 6.20. The SMILES string of the molecule is CN=C(NCCSc1ccccc1F)NCC1CC(=O)Nc2ccccc21.I. The standard InChI is InChI=1S/C20H23FN4OS.HI/c1-22-20(23-10-11-27-18-9-5-3-7-16(18)21)24-13-14-12-19(26)25-17-8-4-2-6-15(14)17;/h2-9,14H,10-13H2,1H3,(H,25,26)(H2,22,23,24);1H. The van der Waals surface area contributed by atoms with Crippen LogP contribution in [0.4, 0.5) is 10.1 Å². The molecule has 0 saturated heterocycles. The molecule has 2 aromatic carbocycles. The van der Waals surface area contributed by atoms with Crippen molar-refractivity contribution in [1.29, 1.82) is 0 Å². The predicted octanol–water partition coefficient (Wildman–Crippen LogP) is 3.83. The van der Waals surface area contributed by atoms with Gasteiger partial charge in [0.2, 0.25) is 5.91 Å². The molecule has 0 aromatic heterocycles. The Kier molecular flexibility index (Phi) is 9.04. The fourth-order valence-electron chi connectivity index (χ4n) is 3.02. The largest absolute Gasteiger partial charge is 0.356 e. The maximum Gasteiger partial charge on any atom is 0.225 e. The van der Waals surface area contributed by atoms with Crippen LogP contribution >= 0.6 is 35.7 Å². The summed E-state index contributed by atoms with van der Waals surface area (Å²) in [6.45, 7) is 1.27. The Morgan fingerprint density at radius 2 is 1.96 bits per heavy atom. The van der Waals surface area contributed by atoms with E-state index in [4.69, 9.17) is 0 Å². The average Bonchev–Trinajstić information content (AvgIpc) is 2.68. The van der Waals surface area contributed by atoms with Gasteiger partial charge in [-0.3, -0.25) is 9.79 Å². The molecule has 1 amide bonds. The molecule has 1 aliphatic heterocycles. The Labute approximate surface area is 186 Å². The van der Waals surface area contributed by atoms with Crippen LogP contribution in [0.15, 0.2) is 58.4 Å². The lowest BCUT2D eigenvalue weighted by molar-refractivity contribution is -0.116. The van der Waals surface area contributed by atoms with Crippen LogP contribution in [0.25, 0.3) is 0 Å². The number of rotatable bonds is 6. The first-order valence-electron chi connectivity index (χ1n) is 8.88. The molecule has 0 fully saturated rings. The van der Waals surface area contributed by atoms with Crippen LogP contribution in [-0.2, 0) is 4.79 Å². The number of halogens is 2. The molecule has 1 heterocycles. The smallest absolute Gasteiger partial charge is 0.225 e. The summed E-state index contributed by atoms with van der Waals surface area (Å²) in [6, 6.07) is 14.6. The van der Waals surface area contributed by atoms with E-state index in [-0.39, 0.29) is 41.6 Å². The first kappa shape index (κ1) is 22.5. The average molecular weight is 514 g/mol. The number of benzene rings is 2. The molecule has 0 spiro atoms. The van der Waals surface area contributed by atoms with Crippen molar-refractivity contribution < 1.29 is 9.18 Å². The zero-order valence-corrected chi connectivity index (χ0v) is 18.7. The van der Waals surface area contributed by atoms with E-state index in [0.29, 0.717) is 30.4 Å². The lowest BCUT2D eigenvalue weighted by atomic mass is 9.90. The number of carbonyl (C=O) groups excluding carboxylic acids is 1. The predicted molar refractivity (Wildman–Crippen MR) is 124 cm³/mol. The first-order chi connectivity index (χ1) is 13.2. The van der Waals surface area contributed by atoms with E-state index in [1.54, 1.807) is 19.2 Å². The molecule has 3 N–H and O–H groups in total. The summed E-state index contributed by atoms with van der Waals surface area (Å²) in [4.78, 5) is 16.8. The van der Waals surface area contributed by atoms with Crippen molar-refractivity contribution in [2.75, 3.05) is 31.2 Å². The quantitative estimate of drug-likeness (QED) is 0.180. The minimum atomic E-state index is -0.195. The van der Waals surface area contributed by atoms with E-state index >= 15 is 0 Å². The fourth-order valence-corrected chi connectivity index (χ4v) is 3.82. The van der Waals surface area contributed by atoms with Crippen LogP contribution in [-0.4, -0.2) is 37.8 Å². The summed E-state index contributed by atoms with van der Waals surface area (Å²) >= 11 is 1.46. The number of hydrogen-bond donors (Lipinski definition) is 3. The maximum atomic E-state index is 13.6. The van der Waals surface area contributed by atoms with E-state index in [9.17, 15) is 9.18 Å². The summed E-state index contributed by atoms with van der Waals surface area (Å²) in [5, 5.41) is 9.42. The lowest BCUT2D eigenvalue weighted by Crippen LogP contribution is -2.41. The van der Waals surface area contributed by atoms with Crippen molar-refractivity contribution in [3.63, 3.8) is 0 Å². The zero-order valence-electron chi connectivity index (χ0n) is 15.6. The Bertz CT molecular complexity index is 833. The summed E-state index contributed by atoms with van der Waals surface area (Å²) in [5.41, 5.74) is 2.01. The molecule has 0 bridgehead atoms. The molecule has 1 unspecified atom stereocenters. The lowest BCUT2D eigenvalue weighted by Gasteiger charge is -2.26. The zero-order chi connectivity index (χ0) is 19.1. The molecule has 0 saturated carbocycles. The number of aliphatic imine (C=N–C) groups is 1. The Morgan fingerprint density at radius 3 is 2.75 bits per heavy atom. The molecule has 0 aliphatic carbocycles. The molecule has 28 heavy (non-hydrogen) atoms. The number of para-hydroxylation sites is 1.